The van der Waals surface area contributed by atoms with Gasteiger partial charge in [-0.25, -0.2) is 0 Å². The quantitative estimate of drug-likeness (QED) is 0.520. The Balaban J connectivity index is 1.64. The summed E-state index contributed by atoms with van der Waals surface area (Å²) in [5.41, 5.74) is -1.85. The van der Waals surface area contributed by atoms with Crippen LogP contribution in [0.1, 0.15) is 13.8 Å². The van der Waals surface area contributed by atoms with Crippen molar-refractivity contribution < 1.29 is 33.7 Å². The number of cyclic esters (lactones) is 1. The second-order valence-corrected chi connectivity index (χ2v) is 9.36. The van der Waals surface area contributed by atoms with Crippen molar-refractivity contribution in [2.24, 2.45) is 11.8 Å². The third kappa shape index (κ3) is 3.03. The zero-order chi connectivity index (χ0) is 24.3. The Morgan fingerprint density at radius 2 is 1.85 bits per heavy atom. The number of ether oxygens (including phenoxy) is 3. The maximum Gasteiger partial charge on any atom is 0.313 e. The minimum Gasteiger partial charge on any atom is -0.497 e. The minimum atomic E-state index is -1.38. The number of hydrogen-bond donors (Lipinski definition) is 1. The van der Waals surface area contributed by atoms with E-state index < -0.39 is 47.0 Å². The molecule has 4 aliphatic heterocycles. The van der Waals surface area contributed by atoms with E-state index in [1.54, 1.807) is 74.4 Å². The van der Waals surface area contributed by atoms with Crippen LogP contribution in [0.5, 0.6) is 5.75 Å². The average Bonchev–Trinajstić information content (AvgIpc) is 3.10. The number of nitrogens with zero attached hydrogens (tertiary/aromatic N) is 2. The van der Waals surface area contributed by atoms with Crippen LogP contribution >= 0.6 is 0 Å². The van der Waals surface area contributed by atoms with E-state index in [4.69, 9.17) is 14.2 Å². The summed E-state index contributed by atoms with van der Waals surface area (Å²) < 4.78 is 17.2. The molecular formula is C25H28N2O7. The second-order valence-electron chi connectivity index (χ2n) is 9.36. The first kappa shape index (κ1) is 22.6. The zero-order valence-corrected chi connectivity index (χ0v) is 19.3. The molecule has 0 radical (unpaired) electrons. The molecule has 1 spiro atoms. The summed E-state index contributed by atoms with van der Waals surface area (Å²) in [6, 6.07) is 5.36. The van der Waals surface area contributed by atoms with Crippen LogP contribution in [0.15, 0.2) is 48.6 Å². The SMILES string of the molecule is COc1ccc(N2CC=C[C@]34O[C@@]5(C)C=CCOC(=O)[C@H]5[C@H]3C(=O)N([C@H](C)CO)C4C2=O)cc1. The van der Waals surface area contributed by atoms with Gasteiger partial charge in [0.05, 0.1) is 31.3 Å². The molecule has 4 heterocycles. The summed E-state index contributed by atoms with van der Waals surface area (Å²) in [7, 11) is 1.57. The number of hydrogen-bond acceptors (Lipinski definition) is 7. The molecule has 9 nitrogen and oxygen atoms in total. The predicted molar refractivity (Wildman–Crippen MR) is 121 cm³/mol. The molecule has 0 aliphatic carbocycles. The lowest BCUT2D eigenvalue weighted by atomic mass is 9.75. The number of amides is 2. The lowest BCUT2D eigenvalue weighted by Crippen LogP contribution is -2.58. The molecule has 0 saturated carbocycles. The number of rotatable bonds is 4. The van der Waals surface area contributed by atoms with Crippen molar-refractivity contribution in [1.82, 2.24) is 4.90 Å². The smallest absolute Gasteiger partial charge is 0.313 e. The van der Waals surface area contributed by atoms with Crippen LogP contribution in [0.25, 0.3) is 0 Å². The van der Waals surface area contributed by atoms with Crippen molar-refractivity contribution in [3.8, 4) is 5.75 Å². The topological polar surface area (TPSA) is 106 Å². The van der Waals surface area contributed by atoms with E-state index in [0.29, 0.717) is 11.4 Å². The van der Waals surface area contributed by atoms with E-state index in [2.05, 4.69) is 0 Å². The number of benzene rings is 1. The molecule has 1 unspecified atom stereocenters. The largest absolute Gasteiger partial charge is 0.497 e. The van der Waals surface area contributed by atoms with Crippen LogP contribution in [-0.2, 0) is 23.9 Å². The van der Waals surface area contributed by atoms with Gasteiger partial charge in [0.15, 0.2) is 0 Å². The fraction of sp³-hybridized carbons (Fsp3) is 0.480. The molecule has 6 atom stereocenters. The van der Waals surface area contributed by atoms with Crippen LogP contribution in [0, 0.1) is 11.8 Å². The van der Waals surface area contributed by atoms with Gasteiger partial charge in [-0.3, -0.25) is 14.4 Å². The van der Waals surface area contributed by atoms with E-state index in [-0.39, 0.29) is 25.7 Å². The number of carbonyl (C=O) groups excluding carboxylic acids is 3. The molecule has 9 heteroatoms. The minimum absolute atomic E-state index is 0.0996. The van der Waals surface area contributed by atoms with Crippen molar-refractivity contribution in [3.63, 3.8) is 0 Å². The van der Waals surface area contributed by atoms with E-state index >= 15 is 0 Å². The number of likely N-dealkylation sites (tertiary alicyclic amines) is 1. The van der Waals surface area contributed by atoms with Crippen LogP contribution < -0.4 is 9.64 Å². The fourth-order valence-electron chi connectivity index (χ4n) is 5.85. The summed E-state index contributed by atoms with van der Waals surface area (Å²) in [5, 5.41) is 9.95. The van der Waals surface area contributed by atoms with Crippen LogP contribution in [0.4, 0.5) is 5.69 Å². The van der Waals surface area contributed by atoms with Gasteiger partial charge >= 0.3 is 5.97 Å². The highest BCUT2D eigenvalue weighted by Crippen LogP contribution is 2.57. The molecular weight excluding hydrogens is 440 g/mol. The van der Waals surface area contributed by atoms with Crippen molar-refractivity contribution in [2.45, 2.75) is 37.1 Å². The van der Waals surface area contributed by atoms with Gasteiger partial charge in [-0.05, 0) is 44.2 Å². The number of anilines is 1. The Labute approximate surface area is 197 Å². The first-order chi connectivity index (χ1) is 16.3. The van der Waals surface area contributed by atoms with E-state index in [0.717, 1.165) is 0 Å². The second kappa shape index (κ2) is 7.95. The van der Waals surface area contributed by atoms with E-state index in [1.165, 1.54) is 4.90 Å². The molecule has 34 heavy (non-hydrogen) atoms. The van der Waals surface area contributed by atoms with Gasteiger partial charge in [-0.1, -0.05) is 18.2 Å². The summed E-state index contributed by atoms with van der Waals surface area (Å²) in [6.45, 7) is 3.45. The standard InChI is InChI=1S/C25H28N2O7/c1-15(14-28)27-20-22(30)26(16-6-8-17(32-3)9-7-16)12-4-11-25(20)18(21(27)29)19-23(31)33-13-5-10-24(19,2)34-25/h4-11,15,18-20,28H,12-14H2,1-3H3/t15-,18+,19-,20?,24+,25+/m1/s1. The molecule has 5 rings (SSSR count). The Morgan fingerprint density at radius 3 is 2.53 bits per heavy atom. The zero-order valence-electron chi connectivity index (χ0n) is 19.3. The highest BCUT2D eigenvalue weighted by molar-refractivity contribution is 6.05. The molecule has 2 saturated heterocycles. The van der Waals surface area contributed by atoms with E-state index in [9.17, 15) is 19.5 Å². The number of aliphatic hydroxyl groups is 1. The molecule has 2 amide bonds. The summed E-state index contributed by atoms with van der Waals surface area (Å²) in [4.78, 5) is 44.0. The van der Waals surface area contributed by atoms with Gasteiger partial charge in [0.25, 0.3) is 5.91 Å². The Kier molecular flexibility index (Phi) is 5.29. The number of methoxy groups -OCH3 is 1. The fourth-order valence-corrected chi connectivity index (χ4v) is 5.85. The van der Waals surface area contributed by atoms with Crippen molar-refractivity contribution in [3.05, 3.63) is 48.6 Å². The molecule has 0 aromatic heterocycles. The van der Waals surface area contributed by atoms with Gasteiger partial charge in [-0.2, -0.15) is 0 Å². The summed E-state index contributed by atoms with van der Waals surface area (Å²) in [6.07, 6.45) is 7.02. The lowest BCUT2D eigenvalue weighted by molar-refractivity contribution is -0.157. The number of fused-ring (bicyclic) bond motifs is 2. The normalized spacial score (nSPS) is 35.3. The van der Waals surface area contributed by atoms with Crippen molar-refractivity contribution >= 4 is 23.5 Å². The molecule has 180 valence electrons. The molecule has 1 N–H and O–H groups in total. The molecule has 1 aromatic carbocycles. The maximum atomic E-state index is 14.1. The van der Waals surface area contributed by atoms with Gasteiger partial charge in [0, 0.05) is 12.2 Å². The first-order valence-electron chi connectivity index (χ1n) is 11.4. The third-order valence-corrected chi connectivity index (χ3v) is 7.37. The van der Waals surface area contributed by atoms with E-state index in [1.807, 2.05) is 0 Å². The highest BCUT2D eigenvalue weighted by Gasteiger charge is 2.75. The van der Waals surface area contributed by atoms with Crippen molar-refractivity contribution in [1.29, 1.82) is 0 Å². The number of esters is 1. The van der Waals surface area contributed by atoms with Gasteiger partial charge in [-0.15, -0.1) is 0 Å². The number of aliphatic hydroxyl groups excluding tert-OH is 1. The lowest BCUT2D eigenvalue weighted by Gasteiger charge is -2.39. The highest BCUT2D eigenvalue weighted by atomic mass is 16.6. The average molecular weight is 469 g/mol. The van der Waals surface area contributed by atoms with Gasteiger partial charge < -0.3 is 29.1 Å². The Hall–Kier alpha value is -3.17. The first-order valence-corrected chi connectivity index (χ1v) is 11.4. The predicted octanol–water partition coefficient (Wildman–Crippen LogP) is 1.06. The number of carbonyl (C=O) groups is 3. The molecule has 1 aromatic rings. The van der Waals surface area contributed by atoms with Gasteiger partial charge in [0.2, 0.25) is 5.91 Å². The monoisotopic (exact) mass is 468 g/mol. The molecule has 4 aliphatic rings. The Bertz CT molecular complexity index is 1080. The maximum absolute atomic E-state index is 14.1. The third-order valence-electron chi connectivity index (χ3n) is 7.37. The summed E-state index contributed by atoms with van der Waals surface area (Å²) in [5.74, 6) is -2.49. The van der Waals surface area contributed by atoms with Crippen LogP contribution in [0.3, 0.4) is 0 Å². The van der Waals surface area contributed by atoms with Crippen LogP contribution in [0.2, 0.25) is 0 Å². The van der Waals surface area contributed by atoms with Crippen molar-refractivity contribution in [2.75, 3.05) is 31.8 Å². The summed E-state index contributed by atoms with van der Waals surface area (Å²) >= 11 is 0. The molecule has 0 bridgehead atoms. The van der Waals surface area contributed by atoms with Gasteiger partial charge in [0.1, 0.15) is 29.9 Å². The molecule has 2 fully saturated rings. The van der Waals surface area contributed by atoms with Crippen LogP contribution in [-0.4, -0.2) is 77.9 Å². The Morgan fingerprint density at radius 1 is 1.12 bits per heavy atom.